The van der Waals surface area contributed by atoms with Gasteiger partial charge in [-0.15, -0.1) is 0 Å². The molecule has 0 aromatic carbocycles. The van der Waals surface area contributed by atoms with Crippen molar-refractivity contribution < 1.29 is 21.8 Å². The zero-order chi connectivity index (χ0) is 29.2. The molecule has 1 unspecified atom stereocenters. The average molecular weight is 566 g/mol. The second-order valence-electron chi connectivity index (χ2n) is 11.5. The summed E-state index contributed by atoms with van der Waals surface area (Å²) < 4.78 is 50.5. The Hall–Kier alpha value is -0.200. The summed E-state index contributed by atoms with van der Waals surface area (Å²) in [7, 11) is -4.90. The Balaban J connectivity index is 0. The first-order valence-electron chi connectivity index (χ1n) is 16.6. The molecule has 0 aromatic rings. The fourth-order valence-corrected chi connectivity index (χ4v) is 6.08. The van der Waals surface area contributed by atoms with E-state index in [1.165, 1.54) is 101 Å². The van der Waals surface area contributed by atoms with Gasteiger partial charge in [0.05, 0.1) is 26.2 Å². The van der Waals surface area contributed by atoms with E-state index < -0.39 is 15.1 Å². The van der Waals surface area contributed by atoms with Gasteiger partial charge in [0.2, 0.25) is 0 Å². The van der Waals surface area contributed by atoms with Crippen LogP contribution in [0.15, 0.2) is 0 Å². The Bertz CT molecular complexity index is 578. The maximum absolute atomic E-state index is 14.8. The standard InChI is InChI=1S/C24H49FO3S.C8H20N/c1-3-5-7-9-11-12-13-14-15-17-19-21-23-24(25,29(26,27)28)22-20-18-16-10-8-6-4-2;1-5-9(6-2,7-3)8-4/h3-23H2,1-2H3,(H,26,27,28);5-8H2,1-4H3/q;+1/p-1. The SMILES string of the molecule is CCCCCCCCCCCCCCC(F)(CCCCCCCCC)S(=O)(=O)[O-].CC[N+](CC)(CC)CC. The summed E-state index contributed by atoms with van der Waals surface area (Å²) in [4.78, 5) is 0. The van der Waals surface area contributed by atoms with Crippen molar-refractivity contribution in [2.24, 2.45) is 0 Å². The van der Waals surface area contributed by atoms with Gasteiger partial charge in [-0.2, -0.15) is 0 Å². The molecule has 0 spiro atoms. The maximum Gasteiger partial charge on any atom is 0.199 e. The molecule has 1 atom stereocenters. The highest BCUT2D eigenvalue weighted by atomic mass is 32.2. The molecule has 232 valence electrons. The summed E-state index contributed by atoms with van der Waals surface area (Å²) in [5.41, 5.74) is 0. The van der Waals surface area contributed by atoms with Crippen LogP contribution in [-0.2, 0) is 10.1 Å². The first kappa shape index (κ1) is 39.9. The minimum atomic E-state index is -4.90. The van der Waals surface area contributed by atoms with Crippen molar-refractivity contribution in [2.45, 2.75) is 181 Å². The Labute approximate surface area is 239 Å². The molecule has 4 nitrogen and oxygen atoms in total. The van der Waals surface area contributed by atoms with Gasteiger partial charge in [-0.05, 0) is 53.4 Å². The molecular formula is C32H68FNO3S. The number of hydrogen-bond acceptors (Lipinski definition) is 3. The number of quaternary nitrogens is 1. The molecule has 0 aliphatic carbocycles. The van der Waals surface area contributed by atoms with Crippen LogP contribution in [0.1, 0.15) is 176 Å². The summed E-state index contributed by atoms with van der Waals surface area (Å²) in [6, 6.07) is 0. The van der Waals surface area contributed by atoms with Crippen LogP contribution >= 0.6 is 0 Å². The Kier molecular flexibility index (Phi) is 27.1. The summed E-state index contributed by atoms with van der Waals surface area (Å²) in [5, 5.41) is -2.56. The quantitative estimate of drug-likeness (QED) is 0.0595. The average Bonchev–Trinajstić information content (AvgIpc) is 2.90. The maximum atomic E-state index is 14.8. The first-order valence-corrected chi connectivity index (χ1v) is 18.0. The van der Waals surface area contributed by atoms with Gasteiger partial charge in [0.25, 0.3) is 0 Å². The molecule has 0 saturated heterocycles. The molecule has 38 heavy (non-hydrogen) atoms. The lowest BCUT2D eigenvalue weighted by atomic mass is 10.0. The molecule has 0 rings (SSSR count). The van der Waals surface area contributed by atoms with Crippen LogP contribution in [0.25, 0.3) is 0 Å². The molecule has 0 aliphatic heterocycles. The molecule has 6 heteroatoms. The fourth-order valence-electron chi connectivity index (χ4n) is 5.29. The third-order valence-corrected chi connectivity index (χ3v) is 9.99. The van der Waals surface area contributed by atoms with Crippen molar-refractivity contribution >= 4 is 10.1 Å². The smallest absolute Gasteiger partial charge is 0.199 e. The largest absolute Gasteiger partial charge is 0.745 e. The number of halogens is 1. The first-order chi connectivity index (χ1) is 18.1. The molecule has 0 heterocycles. The zero-order valence-electron chi connectivity index (χ0n) is 26.6. The minimum Gasteiger partial charge on any atom is -0.745 e. The Morgan fingerprint density at radius 3 is 0.921 bits per heavy atom. The molecule has 0 saturated carbocycles. The molecule has 0 aromatic heterocycles. The number of nitrogens with zero attached hydrogens (tertiary/aromatic N) is 1. The highest BCUT2D eigenvalue weighted by Gasteiger charge is 2.36. The number of hydrogen-bond donors (Lipinski definition) is 0. The van der Waals surface area contributed by atoms with Crippen LogP contribution in [0.5, 0.6) is 0 Å². The lowest BCUT2D eigenvalue weighted by Gasteiger charge is -2.34. The molecule has 0 amide bonds. The fraction of sp³-hybridized carbons (Fsp3) is 1.00. The second kappa shape index (κ2) is 25.7. The van der Waals surface area contributed by atoms with Gasteiger partial charge in [-0.3, -0.25) is 0 Å². The molecule has 0 aliphatic rings. The lowest BCUT2D eigenvalue weighted by Crippen LogP contribution is -2.47. The van der Waals surface area contributed by atoms with E-state index in [1.54, 1.807) is 0 Å². The van der Waals surface area contributed by atoms with Crippen molar-refractivity contribution in [1.82, 2.24) is 0 Å². The predicted molar refractivity (Wildman–Crippen MR) is 164 cm³/mol. The van der Waals surface area contributed by atoms with Gasteiger partial charge in [-0.1, -0.05) is 123 Å². The van der Waals surface area contributed by atoms with Crippen molar-refractivity contribution in [3.8, 4) is 0 Å². The highest BCUT2D eigenvalue weighted by molar-refractivity contribution is 7.87. The molecule has 0 N–H and O–H groups in total. The third kappa shape index (κ3) is 20.7. The number of alkyl halides is 1. The summed E-state index contributed by atoms with van der Waals surface area (Å²) in [6.07, 6.45) is 20.5. The van der Waals surface area contributed by atoms with E-state index in [2.05, 4.69) is 41.5 Å². The van der Waals surface area contributed by atoms with Crippen molar-refractivity contribution in [1.29, 1.82) is 0 Å². The normalized spacial score (nSPS) is 13.7. The van der Waals surface area contributed by atoms with Crippen LogP contribution in [0.3, 0.4) is 0 Å². The number of rotatable bonds is 26. The van der Waals surface area contributed by atoms with E-state index in [0.717, 1.165) is 38.5 Å². The van der Waals surface area contributed by atoms with E-state index >= 15 is 0 Å². The Morgan fingerprint density at radius 1 is 0.500 bits per heavy atom. The second-order valence-corrected chi connectivity index (χ2v) is 13.1. The predicted octanol–water partition coefficient (Wildman–Crippen LogP) is 10.3. The highest BCUT2D eigenvalue weighted by Crippen LogP contribution is 2.32. The van der Waals surface area contributed by atoms with Crippen molar-refractivity contribution in [3.63, 3.8) is 0 Å². The summed E-state index contributed by atoms with van der Waals surface area (Å²) in [6.45, 7) is 18.6. The summed E-state index contributed by atoms with van der Waals surface area (Å²) in [5.74, 6) is 0. The van der Waals surface area contributed by atoms with Crippen LogP contribution in [0.4, 0.5) is 4.39 Å². The van der Waals surface area contributed by atoms with Crippen LogP contribution in [-0.4, -0.2) is 48.6 Å². The molecule has 0 fully saturated rings. The van der Waals surface area contributed by atoms with Gasteiger partial charge in [0, 0.05) is 0 Å². The van der Waals surface area contributed by atoms with E-state index in [4.69, 9.17) is 0 Å². The monoisotopic (exact) mass is 565 g/mol. The molecule has 0 bridgehead atoms. The van der Waals surface area contributed by atoms with E-state index in [0.29, 0.717) is 12.8 Å². The number of unbranched alkanes of at least 4 members (excludes halogenated alkanes) is 17. The van der Waals surface area contributed by atoms with Crippen LogP contribution < -0.4 is 0 Å². The minimum absolute atomic E-state index is 0.133. The topological polar surface area (TPSA) is 57.2 Å². The van der Waals surface area contributed by atoms with Gasteiger partial charge in [-0.25, -0.2) is 12.8 Å². The molecular weight excluding hydrogens is 497 g/mol. The van der Waals surface area contributed by atoms with E-state index in [1.807, 2.05) is 0 Å². The van der Waals surface area contributed by atoms with Crippen molar-refractivity contribution in [2.75, 3.05) is 26.2 Å². The van der Waals surface area contributed by atoms with Gasteiger partial charge in [0.1, 0.15) is 10.1 Å². The third-order valence-electron chi connectivity index (χ3n) is 8.69. The van der Waals surface area contributed by atoms with Crippen LogP contribution in [0, 0.1) is 0 Å². The van der Waals surface area contributed by atoms with Gasteiger partial charge in [0.15, 0.2) is 5.00 Å². The van der Waals surface area contributed by atoms with E-state index in [-0.39, 0.29) is 12.8 Å². The van der Waals surface area contributed by atoms with Gasteiger partial charge < -0.3 is 9.04 Å². The molecule has 0 radical (unpaired) electrons. The van der Waals surface area contributed by atoms with E-state index in [9.17, 15) is 17.4 Å². The Morgan fingerprint density at radius 2 is 0.737 bits per heavy atom. The lowest BCUT2D eigenvalue weighted by molar-refractivity contribution is -0.921. The van der Waals surface area contributed by atoms with Gasteiger partial charge >= 0.3 is 0 Å². The van der Waals surface area contributed by atoms with Crippen molar-refractivity contribution in [3.05, 3.63) is 0 Å². The summed E-state index contributed by atoms with van der Waals surface area (Å²) >= 11 is 0. The zero-order valence-corrected chi connectivity index (χ0v) is 27.5. The van der Waals surface area contributed by atoms with Crippen LogP contribution in [0.2, 0.25) is 0 Å².